The lowest BCUT2D eigenvalue weighted by molar-refractivity contribution is 0.313. The highest BCUT2D eigenvalue weighted by Crippen LogP contribution is 2.23. The lowest BCUT2D eigenvalue weighted by Crippen LogP contribution is -2.22. The lowest BCUT2D eigenvalue weighted by Gasteiger charge is -2.21. The molecule has 0 radical (unpaired) electrons. The van der Waals surface area contributed by atoms with Crippen molar-refractivity contribution in [1.29, 1.82) is 0 Å². The van der Waals surface area contributed by atoms with Crippen LogP contribution in [0.2, 0.25) is 0 Å². The third kappa shape index (κ3) is 2.02. The maximum atomic E-state index is 8.99. The van der Waals surface area contributed by atoms with E-state index in [9.17, 15) is 0 Å². The largest absolute Gasteiger partial charge is 0.411 e. The monoisotopic (exact) mass is 189 g/mol. The first kappa shape index (κ1) is 10.5. The highest BCUT2D eigenvalue weighted by Gasteiger charge is 2.23. The van der Waals surface area contributed by atoms with E-state index in [4.69, 9.17) is 5.21 Å². The predicted octanol–water partition coefficient (Wildman–Crippen LogP) is 3.08. The summed E-state index contributed by atoms with van der Waals surface area (Å²) in [7, 11) is 0. The highest BCUT2D eigenvalue weighted by molar-refractivity contribution is 6.05. The van der Waals surface area contributed by atoms with E-state index in [0.717, 1.165) is 5.56 Å². The molecule has 74 valence electrons. The summed E-state index contributed by atoms with van der Waals surface area (Å²) in [6.07, 6.45) is 1.77. The van der Waals surface area contributed by atoms with Crippen molar-refractivity contribution >= 4 is 5.71 Å². The Labute approximate surface area is 84.6 Å². The quantitative estimate of drug-likeness (QED) is 0.337. The van der Waals surface area contributed by atoms with E-state index in [0.29, 0.717) is 5.71 Å². The van der Waals surface area contributed by atoms with Gasteiger partial charge in [0.2, 0.25) is 0 Å². The van der Waals surface area contributed by atoms with Crippen molar-refractivity contribution in [2.45, 2.75) is 13.8 Å². The summed E-state index contributed by atoms with van der Waals surface area (Å²) in [6.45, 7) is 7.66. The highest BCUT2D eigenvalue weighted by atomic mass is 16.4. The Bertz CT molecular complexity index is 339. The van der Waals surface area contributed by atoms with Gasteiger partial charge in [0.05, 0.1) is 5.71 Å². The van der Waals surface area contributed by atoms with Gasteiger partial charge in [-0.05, 0) is 0 Å². The van der Waals surface area contributed by atoms with Crippen LogP contribution in [0.4, 0.5) is 0 Å². The molecule has 2 nitrogen and oxygen atoms in total. The fourth-order valence-electron chi connectivity index (χ4n) is 1.25. The molecule has 0 amide bonds. The Morgan fingerprint density at radius 1 is 1.36 bits per heavy atom. The minimum Gasteiger partial charge on any atom is -0.411 e. The van der Waals surface area contributed by atoms with Gasteiger partial charge in [-0.3, -0.25) is 0 Å². The van der Waals surface area contributed by atoms with Crippen molar-refractivity contribution in [2.75, 3.05) is 0 Å². The first-order valence-corrected chi connectivity index (χ1v) is 4.53. The maximum Gasteiger partial charge on any atom is 0.0961 e. The maximum absolute atomic E-state index is 8.99. The second-order valence-electron chi connectivity index (χ2n) is 3.74. The van der Waals surface area contributed by atoms with E-state index >= 15 is 0 Å². The Morgan fingerprint density at radius 3 is 2.36 bits per heavy atom. The minimum absolute atomic E-state index is 0.323. The fraction of sp³-hybridized carbons (Fsp3) is 0.250. The number of nitrogens with zero attached hydrogens (tertiary/aromatic N) is 1. The van der Waals surface area contributed by atoms with Crippen LogP contribution in [-0.4, -0.2) is 10.9 Å². The third-order valence-electron chi connectivity index (χ3n) is 2.27. The molecule has 0 aromatic heterocycles. The van der Waals surface area contributed by atoms with E-state index in [-0.39, 0.29) is 5.41 Å². The molecule has 0 spiro atoms. The molecule has 0 unspecified atom stereocenters. The molecule has 1 rings (SSSR count). The third-order valence-corrected chi connectivity index (χ3v) is 2.27. The van der Waals surface area contributed by atoms with Gasteiger partial charge < -0.3 is 5.21 Å². The van der Waals surface area contributed by atoms with Gasteiger partial charge in [0, 0.05) is 11.0 Å². The number of oxime groups is 1. The number of rotatable bonds is 3. The summed E-state index contributed by atoms with van der Waals surface area (Å²) in [5.41, 5.74) is 1.23. The molecule has 0 aliphatic carbocycles. The lowest BCUT2D eigenvalue weighted by atomic mass is 9.84. The van der Waals surface area contributed by atoms with Gasteiger partial charge in [0.1, 0.15) is 0 Å². The second-order valence-corrected chi connectivity index (χ2v) is 3.74. The smallest absolute Gasteiger partial charge is 0.0961 e. The van der Waals surface area contributed by atoms with Crippen LogP contribution < -0.4 is 0 Å². The average molecular weight is 189 g/mol. The zero-order valence-corrected chi connectivity index (χ0v) is 8.57. The van der Waals surface area contributed by atoms with Crippen molar-refractivity contribution in [2.24, 2.45) is 10.6 Å². The summed E-state index contributed by atoms with van der Waals surface area (Å²) < 4.78 is 0. The van der Waals surface area contributed by atoms with Crippen molar-refractivity contribution in [3.8, 4) is 0 Å². The van der Waals surface area contributed by atoms with Crippen LogP contribution in [0, 0.1) is 5.41 Å². The van der Waals surface area contributed by atoms with Crippen LogP contribution in [0.5, 0.6) is 0 Å². The average Bonchev–Trinajstić information content (AvgIpc) is 2.20. The first-order valence-electron chi connectivity index (χ1n) is 4.53. The van der Waals surface area contributed by atoms with Gasteiger partial charge in [-0.15, -0.1) is 6.58 Å². The van der Waals surface area contributed by atoms with E-state index < -0.39 is 0 Å². The number of benzene rings is 1. The first-order chi connectivity index (χ1) is 6.61. The van der Waals surface area contributed by atoms with Gasteiger partial charge in [0.15, 0.2) is 0 Å². The molecule has 0 fully saturated rings. The molecule has 0 aliphatic rings. The van der Waals surface area contributed by atoms with Crippen molar-refractivity contribution in [1.82, 2.24) is 0 Å². The van der Waals surface area contributed by atoms with Crippen LogP contribution >= 0.6 is 0 Å². The number of hydrogen-bond donors (Lipinski definition) is 1. The van der Waals surface area contributed by atoms with Gasteiger partial charge in [-0.25, -0.2) is 0 Å². The van der Waals surface area contributed by atoms with Gasteiger partial charge >= 0.3 is 0 Å². The molecule has 0 saturated heterocycles. The number of hydrogen-bond acceptors (Lipinski definition) is 2. The van der Waals surface area contributed by atoms with E-state index in [1.807, 2.05) is 44.2 Å². The Morgan fingerprint density at radius 2 is 1.93 bits per heavy atom. The zero-order chi connectivity index (χ0) is 10.6. The van der Waals surface area contributed by atoms with Crippen LogP contribution in [0.3, 0.4) is 0 Å². The van der Waals surface area contributed by atoms with E-state index in [1.54, 1.807) is 6.08 Å². The minimum atomic E-state index is -0.323. The Balaban J connectivity index is 3.13. The Kier molecular flexibility index (Phi) is 3.07. The van der Waals surface area contributed by atoms with Crippen LogP contribution in [0.1, 0.15) is 19.4 Å². The summed E-state index contributed by atoms with van der Waals surface area (Å²) in [5, 5.41) is 12.3. The molecular formula is C12H15NO. The molecule has 1 N–H and O–H groups in total. The SMILES string of the molecule is C=CC(C)(C)/C(=N/O)c1ccccc1. The van der Waals surface area contributed by atoms with Crippen LogP contribution in [0.25, 0.3) is 0 Å². The van der Waals surface area contributed by atoms with Gasteiger partial charge in [-0.1, -0.05) is 55.4 Å². The van der Waals surface area contributed by atoms with E-state index in [2.05, 4.69) is 11.7 Å². The Hall–Kier alpha value is -1.57. The van der Waals surface area contributed by atoms with Crippen LogP contribution in [-0.2, 0) is 0 Å². The molecule has 0 heterocycles. The van der Waals surface area contributed by atoms with Crippen molar-refractivity contribution in [3.63, 3.8) is 0 Å². The normalized spacial score (nSPS) is 12.6. The molecular weight excluding hydrogens is 174 g/mol. The molecule has 1 aromatic rings. The molecule has 0 atom stereocenters. The molecule has 2 heteroatoms. The summed E-state index contributed by atoms with van der Waals surface area (Å²) >= 11 is 0. The zero-order valence-electron chi connectivity index (χ0n) is 8.57. The standard InChI is InChI=1S/C12H15NO/c1-4-12(2,3)11(13-14)10-8-6-5-7-9-10/h4-9,14H,1H2,2-3H3/b13-11+. The topological polar surface area (TPSA) is 32.6 Å². The van der Waals surface area contributed by atoms with Crippen molar-refractivity contribution in [3.05, 3.63) is 48.6 Å². The van der Waals surface area contributed by atoms with Crippen LogP contribution in [0.15, 0.2) is 48.1 Å². The summed E-state index contributed by atoms with van der Waals surface area (Å²) in [4.78, 5) is 0. The van der Waals surface area contributed by atoms with E-state index in [1.165, 1.54) is 0 Å². The fourth-order valence-corrected chi connectivity index (χ4v) is 1.25. The molecule has 1 aromatic carbocycles. The number of allylic oxidation sites excluding steroid dienone is 1. The summed E-state index contributed by atoms with van der Waals surface area (Å²) in [5.74, 6) is 0. The second kappa shape index (κ2) is 4.09. The summed E-state index contributed by atoms with van der Waals surface area (Å²) in [6, 6.07) is 9.60. The molecule has 14 heavy (non-hydrogen) atoms. The molecule has 0 aliphatic heterocycles. The van der Waals surface area contributed by atoms with Crippen molar-refractivity contribution < 1.29 is 5.21 Å². The van der Waals surface area contributed by atoms with Gasteiger partial charge in [0.25, 0.3) is 0 Å². The van der Waals surface area contributed by atoms with Gasteiger partial charge in [-0.2, -0.15) is 0 Å². The predicted molar refractivity (Wildman–Crippen MR) is 58.7 cm³/mol. The molecule has 0 saturated carbocycles. The molecule has 0 bridgehead atoms.